The third-order valence-corrected chi connectivity index (χ3v) is 4.50. The van der Waals surface area contributed by atoms with Crippen LogP contribution in [0, 0.1) is 11.8 Å². The van der Waals surface area contributed by atoms with Crippen molar-refractivity contribution in [3.63, 3.8) is 0 Å². The summed E-state index contributed by atoms with van der Waals surface area (Å²) in [5.74, 6) is 2.13. The van der Waals surface area contributed by atoms with Gasteiger partial charge in [-0.1, -0.05) is 20.8 Å². The molecular formula is C13H25NO2S. The summed E-state index contributed by atoms with van der Waals surface area (Å²) in [5, 5.41) is 12.7. The lowest BCUT2D eigenvalue weighted by molar-refractivity contribution is -0.144. The number of hydrogen-bond donors (Lipinski definition) is 2. The third-order valence-electron chi connectivity index (χ3n) is 3.32. The highest BCUT2D eigenvalue weighted by atomic mass is 32.2. The van der Waals surface area contributed by atoms with Crippen LogP contribution in [0.4, 0.5) is 0 Å². The SMILES string of the molecule is CCNC(CSCCC(C)C)(C(=O)O)C1CC1. The second kappa shape index (κ2) is 6.64. The number of aliphatic carboxylic acids is 1. The number of rotatable bonds is 9. The molecule has 3 nitrogen and oxygen atoms in total. The van der Waals surface area contributed by atoms with Crippen molar-refractivity contribution in [3.05, 3.63) is 0 Å². The van der Waals surface area contributed by atoms with E-state index in [4.69, 9.17) is 0 Å². The van der Waals surface area contributed by atoms with Crippen LogP contribution in [0.1, 0.15) is 40.0 Å². The monoisotopic (exact) mass is 259 g/mol. The molecule has 0 saturated heterocycles. The zero-order valence-electron chi connectivity index (χ0n) is 11.2. The van der Waals surface area contributed by atoms with Gasteiger partial charge in [0.1, 0.15) is 5.54 Å². The summed E-state index contributed by atoms with van der Waals surface area (Å²) in [6, 6.07) is 0. The maximum absolute atomic E-state index is 11.5. The van der Waals surface area contributed by atoms with Crippen LogP contribution < -0.4 is 5.32 Å². The van der Waals surface area contributed by atoms with Gasteiger partial charge in [0.2, 0.25) is 0 Å². The number of carboxylic acids is 1. The molecular weight excluding hydrogens is 234 g/mol. The van der Waals surface area contributed by atoms with Crippen LogP contribution in [0.5, 0.6) is 0 Å². The minimum Gasteiger partial charge on any atom is -0.480 e. The van der Waals surface area contributed by atoms with E-state index in [9.17, 15) is 9.90 Å². The molecule has 1 unspecified atom stereocenters. The van der Waals surface area contributed by atoms with Crippen molar-refractivity contribution in [2.24, 2.45) is 11.8 Å². The second-order valence-electron chi connectivity index (χ2n) is 5.32. The topological polar surface area (TPSA) is 49.3 Å². The molecule has 0 radical (unpaired) electrons. The molecule has 0 aromatic carbocycles. The van der Waals surface area contributed by atoms with E-state index in [1.807, 2.05) is 6.92 Å². The van der Waals surface area contributed by atoms with Crippen molar-refractivity contribution in [1.82, 2.24) is 5.32 Å². The lowest BCUT2D eigenvalue weighted by Gasteiger charge is -2.30. The summed E-state index contributed by atoms with van der Waals surface area (Å²) in [6.07, 6.45) is 3.28. The van der Waals surface area contributed by atoms with E-state index < -0.39 is 11.5 Å². The van der Waals surface area contributed by atoms with Gasteiger partial charge in [-0.15, -0.1) is 0 Å². The van der Waals surface area contributed by atoms with Crippen molar-refractivity contribution >= 4 is 17.7 Å². The van der Waals surface area contributed by atoms with Gasteiger partial charge in [-0.25, -0.2) is 0 Å². The Bertz CT molecular complexity index is 254. The molecule has 0 amide bonds. The summed E-state index contributed by atoms with van der Waals surface area (Å²) < 4.78 is 0. The normalized spacial score (nSPS) is 19.3. The molecule has 1 aliphatic carbocycles. The molecule has 1 saturated carbocycles. The minimum atomic E-state index is -0.670. The summed E-state index contributed by atoms with van der Waals surface area (Å²) in [7, 11) is 0. The van der Waals surface area contributed by atoms with Gasteiger partial charge in [-0.2, -0.15) is 11.8 Å². The molecule has 0 bridgehead atoms. The molecule has 0 aromatic rings. The lowest BCUT2D eigenvalue weighted by Crippen LogP contribution is -2.56. The highest BCUT2D eigenvalue weighted by Gasteiger charge is 2.50. The van der Waals surface area contributed by atoms with Crippen molar-refractivity contribution in [2.75, 3.05) is 18.1 Å². The molecule has 0 aliphatic heterocycles. The van der Waals surface area contributed by atoms with Crippen LogP contribution in [0.3, 0.4) is 0 Å². The molecule has 100 valence electrons. The Kier molecular flexibility index (Phi) is 5.80. The molecule has 1 fully saturated rings. The molecule has 0 heterocycles. The van der Waals surface area contributed by atoms with Crippen LogP contribution in [-0.2, 0) is 4.79 Å². The van der Waals surface area contributed by atoms with Gasteiger partial charge in [0, 0.05) is 5.75 Å². The summed E-state index contributed by atoms with van der Waals surface area (Å²) in [6.45, 7) is 7.12. The van der Waals surface area contributed by atoms with Crippen molar-refractivity contribution < 1.29 is 9.90 Å². The van der Waals surface area contributed by atoms with Gasteiger partial charge in [-0.3, -0.25) is 4.79 Å². The van der Waals surface area contributed by atoms with Gasteiger partial charge in [0.15, 0.2) is 0 Å². The van der Waals surface area contributed by atoms with Crippen molar-refractivity contribution in [3.8, 4) is 0 Å². The number of hydrogen-bond acceptors (Lipinski definition) is 3. The summed E-state index contributed by atoms with van der Waals surface area (Å²) in [5.41, 5.74) is -0.670. The molecule has 17 heavy (non-hydrogen) atoms. The van der Waals surface area contributed by atoms with Crippen molar-refractivity contribution in [2.45, 2.75) is 45.6 Å². The van der Waals surface area contributed by atoms with E-state index in [0.717, 1.165) is 31.6 Å². The smallest absolute Gasteiger partial charge is 0.325 e. The number of carbonyl (C=O) groups is 1. The zero-order chi connectivity index (χ0) is 12.9. The fraction of sp³-hybridized carbons (Fsp3) is 0.923. The maximum Gasteiger partial charge on any atom is 0.325 e. The average molecular weight is 259 g/mol. The first-order valence-corrected chi connectivity index (χ1v) is 7.74. The maximum atomic E-state index is 11.5. The Labute approximate surface area is 109 Å². The van der Waals surface area contributed by atoms with Gasteiger partial charge >= 0.3 is 5.97 Å². The summed E-state index contributed by atoms with van der Waals surface area (Å²) in [4.78, 5) is 11.5. The van der Waals surface area contributed by atoms with Gasteiger partial charge in [0.05, 0.1) is 0 Å². The van der Waals surface area contributed by atoms with Crippen LogP contribution >= 0.6 is 11.8 Å². The van der Waals surface area contributed by atoms with E-state index in [1.54, 1.807) is 11.8 Å². The molecule has 0 aromatic heterocycles. The standard InChI is InChI=1S/C13H25NO2S/c1-4-14-13(12(15)16,11-5-6-11)9-17-8-7-10(2)3/h10-11,14H,4-9H2,1-3H3,(H,15,16). The predicted octanol–water partition coefficient (Wildman–Crippen LogP) is 2.61. The largest absolute Gasteiger partial charge is 0.480 e. The second-order valence-corrected chi connectivity index (χ2v) is 6.42. The number of nitrogens with one attached hydrogen (secondary N) is 1. The van der Waals surface area contributed by atoms with Gasteiger partial charge < -0.3 is 10.4 Å². The van der Waals surface area contributed by atoms with E-state index in [-0.39, 0.29) is 0 Å². The Morgan fingerprint density at radius 1 is 1.53 bits per heavy atom. The van der Waals surface area contributed by atoms with E-state index in [1.165, 1.54) is 0 Å². The average Bonchev–Trinajstić information content (AvgIpc) is 3.05. The zero-order valence-corrected chi connectivity index (χ0v) is 12.0. The highest BCUT2D eigenvalue weighted by molar-refractivity contribution is 7.99. The first kappa shape index (κ1) is 14.8. The number of carboxylic acid groups (broad SMARTS) is 1. The lowest BCUT2D eigenvalue weighted by atomic mass is 9.96. The molecule has 2 N–H and O–H groups in total. The third kappa shape index (κ3) is 4.18. The highest BCUT2D eigenvalue weighted by Crippen LogP contribution is 2.41. The number of thioether (sulfide) groups is 1. The Morgan fingerprint density at radius 2 is 2.18 bits per heavy atom. The first-order chi connectivity index (χ1) is 8.03. The minimum absolute atomic E-state index is 0.339. The fourth-order valence-corrected chi connectivity index (χ4v) is 3.63. The molecule has 1 rings (SSSR count). The van der Waals surface area contributed by atoms with E-state index in [2.05, 4.69) is 19.2 Å². The Hall–Kier alpha value is -0.220. The number of likely N-dealkylation sites (N-methyl/N-ethyl adjacent to an activating group) is 1. The van der Waals surface area contributed by atoms with Crippen molar-refractivity contribution in [1.29, 1.82) is 0 Å². The quantitative estimate of drug-likeness (QED) is 0.625. The van der Waals surface area contributed by atoms with Crippen LogP contribution in [0.25, 0.3) is 0 Å². The van der Waals surface area contributed by atoms with Crippen LogP contribution in [0.15, 0.2) is 0 Å². The summed E-state index contributed by atoms with van der Waals surface area (Å²) >= 11 is 1.78. The van der Waals surface area contributed by atoms with Gasteiger partial charge in [-0.05, 0) is 43.4 Å². The fourth-order valence-electron chi connectivity index (χ4n) is 2.07. The van der Waals surface area contributed by atoms with E-state index in [0.29, 0.717) is 17.6 Å². The molecule has 1 atom stereocenters. The molecule has 1 aliphatic rings. The molecule has 0 spiro atoms. The first-order valence-electron chi connectivity index (χ1n) is 6.59. The Balaban J connectivity index is 2.48. The van der Waals surface area contributed by atoms with Crippen LogP contribution in [0.2, 0.25) is 0 Å². The van der Waals surface area contributed by atoms with Crippen LogP contribution in [-0.4, -0.2) is 34.7 Å². The van der Waals surface area contributed by atoms with E-state index >= 15 is 0 Å². The Morgan fingerprint density at radius 3 is 2.59 bits per heavy atom. The predicted molar refractivity (Wildman–Crippen MR) is 73.5 cm³/mol. The van der Waals surface area contributed by atoms with Gasteiger partial charge in [0.25, 0.3) is 0 Å². The molecule has 4 heteroatoms.